The van der Waals surface area contributed by atoms with E-state index in [1.165, 1.54) is 66.7 Å². The summed E-state index contributed by atoms with van der Waals surface area (Å²) in [5, 5.41) is 35.8. The van der Waals surface area contributed by atoms with Crippen molar-refractivity contribution in [2.75, 3.05) is 11.0 Å². The van der Waals surface area contributed by atoms with Crippen molar-refractivity contribution in [1.29, 1.82) is 0 Å². The van der Waals surface area contributed by atoms with Crippen LogP contribution in [0, 0.1) is 10.1 Å². The zero-order chi connectivity index (χ0) is 35.9. The highest BCUT2D eigenvalue weighted by molar-refractivity contribution is 7.94. The molecule has 0 heterocycles. The van der Waals surface area contributed by atoms with Crippen LogP contribution in [0.1, 0.15) is 0 Å². The molecule has 1 unspecified atom stereocenters. The molecule has 0 spiro atoms. The number of nitrogens with one attached hydrogen (secondary N) is 1. The molecule has 254 valence electrons. The van der Waals surface area contributed by atoms with E-state index in [9.17, 15) is 49.2 Å². The molecule has 0 amide bonds. The van der Waals surface area contributed by atoms with Gasteiger partial charge < -0.3 is 9.66 Å². The first-order chi connectivity index (χ1) is 22.9. The van der Waals surface area contributed by atoms with Crippen LogP contribution in [-0.4, -0.2) is 50.3 Å². The van der Waals surface area contributed by atoms with Gasteiger partial charge in [-0.3, -0.25) is 14.8 Å². The Morgan fingerprint density at radius 1 is 0.816 bits per heavy atom. The van der Waals surface area contributed by atoms with E-state index < -0.39 is 66.3 Å². The Bertz CT molecular complexity index is 2560. The number of azo groups is 1. The molecule has 16 nitrogen and oxygen atoms in total. The maximum atomic E-state index is 14.0. The Kier molecular flexibility index (Phi) is 9.38. The number of aromatic hydroxyl groups is 1. The van der Waals surface area contributed by atoms with Crippen molar-refractivity contribution in [2.45, 2.75) is 19.6 Å². The fraction of sp³-hybridized carbons (Fsp3) is 0.0345. The van der Waals surface area contributed by atoms with Gasteiger partial charge in [0.15, 0.2) is 20.9 Å². The summed E-state index contributed by atoms with van der Waals surface area (Å²) in [5.74, 6) is -0.283. The van der Waals surface area contributed by atoms with Crippen molar-refractivity contribution >= 4 is 74.5 Å². The molecule has 1 atom stereocenters. The van der Waals surface area contributed by atoms with Crippen molar-refractivity contribution in [2.24, 2.45) is 15.4 Å². The van der Waals surface area contributed by atoms with Gasteiger partial charge in [0, 0.05) is 40.4 Å². The summed E-state index contributed by atoms with van der Waals surface area (Å²) in [6.07, 6.45) is 0.829. The number of nitro groups is 1. The lowest BCUT2D eigenvalue weighted by Gasteiger charge is -2.18. The van der Waals surface area contributed by atoms with E-state index in [0.29, 0.717) is 0 Å². The summed E-state index contributed by atoms with van der Waals surface area (Å²) in [7, 11) is -13.5. The monoisotopic (exact) mass is 745 g/mol. The molecule has 5 aromatic carbocycles. The number of primary sulfonamides is 1. The Balaban J connectivity index is 1.76. The van der Waals surface area contributed by atoms with E-state index in [4.69, 9.17) is 5.14 Å². The average molecular weight is 746 g/mol. The lowest BCUT2D eigenvalue weighted by atomic mass is 9.96. The molecule has 0 radical (unpaired) electrons. The molecule has 0 saturated heterocycles. The predicted molar refractivity (Wildman–Crippen MR) is 179 cm³/mol. The summed E-state index contributed by atoms with van der Waals surface area (Å²) < 4.78 is 101. The number of sulfonamides is 2. The molecular weight excluding hydrogens is 723 g/mol. The number of benzene rings is 5. The van der Waals surface area contributed by atoms with Gasteiger partial charge in [0.1, 0.15) is 26.1 Å². The molecule has 0 bridgehead atoms. The number of hydrogen-bond acceptors (Lipinski definition) is 12. The number of fused-ring (bicyclic) bond motifs is 1. The number of rotatable bonds is 10. The van der Waals surface area contributed by atoms with E-state index in [2.05, 4.69) is 15.0 Å². The molecular formula is C29H23N5O11S4. The quantitative estimate of drug-likeness (QED) is 0.0641. The van der Waals surface area contributed by atoms with Crippen molar-refractivity contribution < 1.29 is 44.0 Å². The minimum atomic E-state index is -4.80. The lowest BCUT2D eigenvalue weighted by molar-refractivity contribution is -0.385. The van der Waals surface area contributed by atoms with E-state index in [-0.39, 0.29) is 49.6 Å². The summed E-state index contributed by atoms with van der Waals surface area (Å²) in [5.41, 5.74) is -1.05. The molecule has 20 heteroatoms. The van der Waals surface area contributed by atoms with Crippen LogP contribution in [0.25, 0.3) is 21.9 Å². The van der Waals surface area contributed by atoms with E-state index in [0.717, 1.165) is 30.5 Å². The van der Waals surface area contributed by atoms with Crippen LogP contribution < -0.4 is 9.86 Å². The zero-order valence-corrected chi connectivity index (χ0v) is 28.0. The molecule has 0 aliphatic carbocycles. The van der Waals surface area contributed by atoms with Gasteiger partial charge in [-0.1, -0.05) is 30.3 Å². The Hall–Kier alpha value is -5.12. The third-order valence-corrected chi connectivity index (χ3v) is 11.3. The van der Waals surface area contributed by atoms with Crippen LogP contribution in [0.2, 0.25) is 0 Å². The van der Waals surface area contributed by atoms with E-state index >= 15 is 0 Å². The fourth-order valence-corrected chi connectivity index (χ4v) is 8.71. The van der Waals surface area contributed by atoms with Crippen molar-refractivity contribution in [3.63, 3.8) is 0 Å². The smallest absolute Gasteiger partial charge is 0.270 e. The number of anilines is 1. The Labute approximate surface area is 281 Å². The second-order valence-electron chi connectivity index (χ2n) is 10.3. The molecule has 0 saturated carbocycles. The summed E-state index contributed by atoms with van der Waals surface area (Å²) in [6.45, 7) is 0. The second-order valence-corrected chi connectivity index (χ2v) is 16.4. The number of nitrogens with two attached hydrogens (primary N) is 1. The summed E-state index contributed by atoms with van der Waals surface area (Å²) in [4.78, 5) is 8.41. The highest BCUT2D eigenvalue weighted by atomic mass is 32.2. The van der Waals surface area contributed by atoms with Gasteiger partial charge in [-0.25, -0.2) is 34.6 Å². The molecule has 5 aromatic rings. The number of non-ortho nitro benzene ring substituents is 1. The van der Waals surface area contributed by atoms with Crippen LogP contribution >= 0.6 is 0 Å². The largest absolute Gasteiger partial charge is 0.507 e. The van der Waals surface area contributed by atoms with Crippen molar-refractivity contribution in [3.05, 3.63) is 101 Å². The fourth-order valence-electron chi connectivity index (χ4n) is 4.86. The number of nitrogens with zero attached hydrogens (tertiary/aromatic N) is 3. The molecule has 0 aliphatic heterocycles. The van der Waals surface area contributed by atoms with Crippen LogP contribution in [0.4, 0.5) is 22.7 Å². The minimum Gasteiger partial charge on any atom is -0.507 e. The predicted octanol–water partition coefficient (Wildman–Crippen LogP) is 4.97. The zero-order valence-electron chi connectivity index (χ0n) is 24.8. The third kappa shape index (κ3) is 7.33. The summed E-state index contributed by atoms with van der Waals surface area (Å²) in [6, 6.07) is 18.1. The highest BCUT2D eigenvalue weighted by Gasteiger charge is 2.30. The standard InChI is InChI=1S/C29H23N5O11S4/c1-47(40,41)27-16-18(34(36)37)10-13-23(27)31-32-24-14-15-25(35)22-6-2-4-20(28(22)24)21-5-3-7-26(48(30,42)43)29(21)49(44,45)33-17-8-11-19(12-9-17)46(38)39/h2-16,33,35H,1H3,(H,38,39)(H2,30,42,43). The molecule has 0 fully saturated rings. The minimum absolute atomic E-state index is 0.0248. The van der Waals surface area contributed by atoms with Crippen LogP contribution in [-0.2, 0) is 41.0 Å². The number of sulfone groups is 1. The number of nitro benzene ring substituents is 1. The van der Waals surface area contributed by atoms with Gasteiger partial charge in [-0.2, -0.15) is 0 Å². The average Bonchev–Trinajstić information content (AvgIpc) is 3.03. The second kappa shape index (κ2) is 13.1. The first-order valence-corrected chi connectivity index (χ1v) is 19.5. The molecule has 49 heavy (non-hydrogen) atoms. The van der Waals surface area contributed by atoms with Gasteiger partial charge >= 0.3 is 0 Å². The van der Waals surface area contributed by atoms with Crippen molar-refractivity contribution in [1.82, 2.24) is 0 Å². The molecule has 0 aliphatic rings. The van der Waals surface area contributed by atoms with Crippen LogP contribution in [0.5, 0.6) is 5.75 Å². The van der Waals surface area contributed by atoms with E-state index in [1.54, 1.807) is 0 Å². The first-order valence-electron chi connectivity index (χ1n) is 13.4. The maximum absolute atomic E-state index is 14.0. The maximum Gasteiger partial charge on any atom is 0.270 e. The van der Waals surface area contributed by atoms with Gasteiger partial charge in [-0.15, -0.1) is 10.2 Å². The normalized spacial score (nSPS) is 13.0. The SMILES string of the molecule is CS(=O)(=O)c1cc([N+](=O)[O-])ccc1N=Nc1ccc(O)c2cccc(-c3cccc(S(N)(=O)=O)c3S(=O)(=O)Nc3ccc(S(=O)O)cc3)c12. The van der Waals surface area contributed by atoms with Crippen molar-refractivity contribution in [3.8, 4) is 16.9 Å². The lowest BCUT2D eigenvalue weighted by Crippen LogP contribution is -2.21. The molecule has 5 N–H and O–H groups in total. The number of phenols is 1. The van der Waals surface area contributed by atoms with Gasteiger partial charge in [-0.05, 0) is 54.1 Å². The number of hydrogen-bond donors (Lipinski definition) is 4. The van der Waals surface area contributed by atoms with Gasteiger partial charge in [0.05, 0.1) is 15.5 Å². The van der Waals surface area contributed by atoms with Gasteiger partial charge in [0.2, 0.25) is 10.0 Å². The van der Waals surface area contributed by atoms with Crippen LogP contribution in [0.15, 0.2) is 121 Å². The summed E-state index contributed by atoms with van der Waals surface area (Å²) >= 11 is -2.35. The first kappa shape index (κ1) is 35.2. The van der Waals surface area contributed by atoms with E-state index in [1.807, 2.05) is 0 Å². The number of phenolic OH excluding ortho intramolecular Hbond substituents is 1. The highest BCUT2D eigenvalue weighted by Crippen LogP contribution is 2.43. The molecule has 5 rings (SSSR count). The Morgan fingerprint density at radius 3 is 2.04 bits per heavy atom. The van der Waals surface area contributed by atoms with Gasteiger partial charge in [0.25, 0.3) is 15.7 Å². The Morgan fingerprint density at radius 2 is 1.43 bits per heavy atom. The topological polar surface area (TPSA) is 266 Å². The third-order valence-electron chi connectivity index (χ3n) is 6.97. The molecule has 0 aromatic heterocycles. The van der Waals surface area contributed by atoms with Crippen LogP contribution in [0.3, 0.4) is 0 Å².